The number of carbonyl (C=O) groups excluding carboxylic acids is 1. The van der Waals surface area contributed by atoms with E-state index in [9.17, 15) is 22.4 Å². The third kappa shape index (κ3) is 5.96. The van der Waals surface area contributed by atoms with Crippen LogP contribution in [-0.4, -0.2) is 37.0 Å². The maximum atomic E-state index is 13.0. The van der Waals surface area contributed by atoms with Crippen LogP contribution in [0.25, 0.3) is 0 Å². The number of carbonyl (C=O) groups is 1. The van der Waals surface area contributed by atoms with Gasteiger partial charge in [0.1, 0.15) is 18.2 Å². The maximum absolute atomic E-state index is 13.0. The number of benzene rings is 2. The molecule has 2 aromatic rings. The number of rotatable bonds is 7. The Balaban J connectivity index is 1.90. The normalized spacial score (nSPS) is 12.7. The summed E-state index contributed by atoms with van der Waals surface area (Å²) in [5.41, 5.74) is -1.18. The molecule has 0 aliphatic carbocycles. The summed E-state index contributed by atoms with van der Waals surface area (Å²) in [5.74, 6) is -0.444. The van der Waals surface area contributed by atoms with Crippen molar-refractivity contribution in [3.05, 3.63) is 59.9 Å². The first kappa shape index (κ1) is 20.7. The lowest BCUT2D eigenvalue weighted by molar-refractivity contribution is -0.137. The Morgan fingerprint density at radius 3 is 2.41 bits per heavy atom. The molecule has 1 atom stereocenters. The molecule has 4 nitrogen and oxygen atoms in total. The minimum atomic E-state index is -4.55. The molecule has 8 heteroatoms. The molecule has 2 aromatic carbocycles. The van der Waals surface area contributed by atoms with Crippen LogP contribution in [-0.2, 0) is 11.0 Å². The van der Waals surface area contributed by atoms with E-state index in [1.807, 2.05) is 0 Å². The van der Waals surface area contributed by atoms with E-state index in [0.717, 1.165) is 6.07 Å². The molecule has 0 aromatic heterocycles. The number of nitrogens with one attached hydrogen (secondary N) is 1. The zero-order valence-corrected chi connectivity index (χ0v) is 14.9. The number of amides is 1. The summed E-state index contributed by atoms with van der Waals surface area (Å²) >= 11 is 0. The molecule has 1 N–H and O–H groups in total. The average Bonchev–Trinajstić information content (AvgIpc) is 2.62. The summed E-state index contributed by atoms with van der Waals surface area (Å²) in [7, 11) is 1.66. The van der Waals surface area contributed by atoms with Gasteiger partial charge in [-0.1, -0.05) is 12.1 Å². The molecule has 1 amide bonds. The second-order valence-electron chi connectivity index (χ2n) is 5.99. The van der Waals surface area contributed by atoms with Crippen molar-refractivity contribution >= 4 is 11.6 Å². The lowest BCUT2D eigenvalue weighted by atomic mass is 10.1. The molecule has 1 unspecified atom stereocenters. The standard InChI is InChI=1S/C19H20F4N2O2/c1-13(25(2)11-12-27-15-9-7-14(20)8-10-15)18(26)24-17-6-4-3-5-16(17)19(21,22)23/h3-10,13H,11-12H2,1-2H3,(H,24,26). The van der Waals surface area contributed by atoms with Crippen molar-refractivity contribution in [1.29, 1.82) is 0 Å². The molecule has 27 heavy (non-hydrogen) atoms. The van der Waals surface area contributed by atoms with Crippen LogP contribution in [0.1, 0.15) is 12.5 Å². The summed E-state index contributed by atoms with van der Waals surface area (Å²) < 4.78 is 57.3. The third-order valence-corrected chi connectivity index (χ3v) is 4.06. The monoisotopic (exact) mass is 384 g/mol. The highest BCUT2D eigenvalue weighted by Gasteiger charge is 2.34. The van der Waals surface area contributed by atoms with Crippen LogP contribution in [0.15, 0.2) is 48.5 Å². The minimum absolute atomic E-state index is 0.235. The Hall–Kier alpha value is -2.61. The Morgan fingerprint density at radius 1 is 1.15 bits per heavy atom. The van der Waals surface area contributed by atoms with E-state index in [-0.39, 0.29) is 18.1 Å². The SMILES string of the molecule is CC(C(=O)Nc1ccccc1C(F)(F)F)N(C)CCOc1ccc(F)cc1. The lowest BCUT2D eigenvalue weighted by Crippen LogP contribution is -2.41. The van der Waals surface area contributed by atoms with Gasteiger partial charge < -0.3 is 10.1 Å². The van der Waals surface area contributed by atoms with Crippen LogP contribution < -0.4 is 10.1 Å². The van der Waals surface area contributed by atoms with Crippen molar-refractivity contribution in [1.82, 2.24) is 4.90 Å². The van der Waals surface area contributed by atoms with Gasteiger partial charge in [-0.2, -0.15) is 13.2 Å². The van der Waals surface area contributed by atoms with E-state index in [1.54, 1.807) is 18.9 Å². The zero-order chi connectivity index (χ0) is 20.0. The fourth-order valence-electron chi connectivity index (χ4n) is 2.31. The number of hydrogen-bond donors (Lipinski definition) is 1. The first-order chi connectivity index (χ1) is 12.7. The van der Waals surface area contributed by atoms with Crippen LogP contribution in [0.4, 0.5) is 23.2 Å². The molecule has 2 rings (SSSR count). The summed E-state index contributed by atoms with van der Waals surface area (Å²) in [4.78, 5) is 13.9. The molecule has 0 spiro atoms. The van der Waals surface area contributed by atoms with Crippen molar-refractivity contribution in [2.45, 2.75) is 19.1 Å². The van der Waals surface area contributed by atoms with Gasteiger partial charge in [0, 0.05) is 6.54 Å². The predicted octanol–water partition coefficient (Wildman–Crippen LogP) is 4.18. The van der Waals surface area contributed by atoms with E-state index < -0.39 is 23.7 Å². The van der Waals surface area contributed by atoms with Gasteiger partial charge in [-0.3, -0.25) is 9.69 Å². The van der Waals surface area contributed by atoms with Crippen LogP contribution in [0.5, 0.6) is 5.75 Å². The largest absolute Gasteiger partial charge is 0.492 e. The fraction of sp³-hybridized carbons (Fsp3) is 0.316. The average molecular weight is 384 g/mol. The molecular weight excluding hydrogens is 364 g/mol. The van der Waals surface area contributed by atoms with E-state index >= 15 is 0 Å². The van der Waals surface area contributed by atoms with E-state index in [2.05, 4.69) is 5.32 Å². The number of likely N-dealkylation sites (N-methyl/N-ethyl adjacent to an activating group) is 1. The van der Waals surface area contributed by atoms with Gasteiger partial charge in [0.15, 0.2) is 0 Å². The predicted molar refractivity (Wildman–Crippen MR) is 94.1 cm³/mol. The van der Waals surface area contributed by atoms with Gasteiger partial charge in [0.05, 0.1) is 17.3 Å². The molecule has 0 aliphatic rings. The number of halogens is 4. The number of anilines is 1. The molecule has 0 fully saturated rings. The highest BCUT2D eigenvalue weighted by molar-refractivity contribution is 5.95. The van der Waals surface area contributed by atoms with Crippen LogP contribution >= 0.6 is 0 Å². The first-order valence-corrected chi connectivity index (χ1v) is 8.24. The van der Waals surface area contributed by atoms with Gasteiger partial charge in [0.25, 0.3) is 0 Å². The number of para-hydroxylation sites is 1. The van der Waals surface area contributed by atoms with E-state index in [4.69, 9.17) is 4.74 Å². The second-order valence-corrected chi connectivity index (χ2v) is 5.99. The number of hydrogen-bond acceptors (Lipinski definition) is 3. The number of ether oxygens (including phenoxy) is 1. The molecule has 146 valence electrons. The summed E-state index contributed by atoms with van der Waals surface area (Å²) in [6, 6.07) is 9.66. The Kier molecular flexibility index (Phi) is 6.79. The number of alkyl halides is 3. The van der Waals surface area contributed by atoms with Crippen LogP contribution in [0, 0.1) is 5.82 Å². The van der Waals surface area contributed by atoms with Gasteiger partial charge >= 0.3 is 6.18 Å². The van der Waals surface area contributed by atoms with Crippen molar-refractivity contribution in [3.8, 4) is 5.75 Å². The summed E-state index contributed by atoms with van der Waals surface area (Å²) in [6.45, 7) is 2.18. The van der Waals surface area contributed by atoms with E-state index in [1.165, 1.54) is 42.5 Å². The van der Waals surface area contributed by atoms with E-state index in [0.29, 0.717) is 12.3 Å². The molecule has 0 saturated heterocycles. The van der Waals surface area contributed by atoms with Gasteiger partial charge in [-0.05, 0) is 50.4 Å². The molecular formula is C19H20F4N2O2. The molecule has 0 radical (unpaired) electrons. The van der Waals surface area contributed by atoms with Crippen molar-refractivity contribution in [2.24, 2.45) is 0 Å². The zero-order valence-electron chi connectivity index (χ0n) is 14.9. The van der Waals surface area contributed by atoms with Crippen LogP contribution in [0.3, 0.4) is 0 Å². The third-order valence-electron chi connectivity index (χ3n) is 4.06. The summed E-state index contributed by atoms with van der Waals surface area (Å²) in [6.07, 6.45) is -4.55. The molecule has 0 heterocycles. The topological polar surface area (TPSA) is 41.6 Å². The highest BCUT2D eigenvalue weighted by atomic mass is 19.4. The molecule has 0 aliphatic heterocycles. The van der Waals surface area contributed by atoms with Gasteiger partial charge in [0.2, 0.25) is 5.91 Å². The number of nitrogens with zero attached hydrogens (tertiary/aromatic N) is 1. The Labute approximate surface area is 154 Å². The second kappa shape index (κ2) is 8.85. The smallest absolute Gasteiger partial charge is 0.418 e. The Morgan fingerprint density at radius 2 is 1.78 bits per heavy atom. The Bertz CT molecular complexity index is 763. The van der Waals surface area contributed by atoms with Crippen LogP contribution in [0.2, 0.25) is 0 Å². The van der Waals surface area contributed by atoms with Crippen molar-refractivity contribution < 1.29 is 27.1 Å². The molecule has 0 bridgehead atoms. The molecule has 0 saturated carbocycles. The lowest BCUT2D eigenvalue weighted by Gasteiger charge is -2.24. The fourth-order valence-corrected chi connectivity index (χ4v) is 2.31. The first-order valence-electron chi connectivity index (χ1n) is 8.24. The minimum Gasteiger partial charge on any atom is -0.492 e. The van der Waals surface area contributed by atoms with Crippen molar-refractivity contribution in [3.63, 3.8) is 0 Å². The van der Waals surface area contributed by atoms with Gasteiger partial charge in [-0.25, -0.2) is 4.39 Å². The quantitative estimate of drug-likeness (QED) is 0.728. The van der Waals surface area contributed by atoms with Gasteiger partial charge in [-0.15, -0.1) is 0 Å². The maximum Gasteiger partial charge on any atom is 0.418 e. The highest BCUT2D eigenvalue weighted by Crippen LogP contribution is 2.34. The summed E-state index contributed by atoms with van der Waals surface area (Å²) in [5, 5.41) is 2.33. The van der Waals surface area contributed by atoms with Crippen molar-refractivity contribution in [2.75, 3.05) is 25.5 Å².